The summed E-state index contributed by atoms with van der Waals surface area (Å²) >= 11 is 0. The second-order valence-corrected chi connectivity index (χ2v) is 5.28. The Balaban J connectivity index is 2.84. The normalized spacial score (nSPS) is 11.7. The van der Waals surface area contributed by atoms with E-state index in [1.54, 1.807) is 12.3 Å². The molecule has 0 fully saturated rings. The van der Waals surface area contributed by atoms with Gasteiger partial charge in [0.1, 0.15) is 4.90 Å². The summed E-state index contributed by atoms with van der Waals surface area (Å²) in [5.41, 5.74) is 2.22. The summed E-state index contributed by atoms with van der Waals surface area (Å²) in [6.45, 7) is 3.71. The van der Waals surface area contributed by atoms with Gasteiger partial charge in [-0.1, -0.05) is 11.3 Å². The Hall–Kier alpha value is -1.73. The number of aryl methyl sites for hydroxylation is 1. The van der Waals surface area contributed by atoms with Crippen molar-refractivity contribution in [1.29, 1.82) is 0 Å². The molecule has 0 unspecified atom stereocenters. The van der Waals surface area contributed by atoms with E-state index in [1.807, 2.05) is 13.8 Å². The van der Waals surface area contributed by atoms with E-state index in [-0.39, 0.29) is 4.90 Å². The lowest BCUT2D eigenvalue weighted by Gasteiger charge is -2.12. The van der Waals surface area contributed by atoms with Gasteiger partial charge in [-0.25, -0.2) is 18.2 Å². The van der Waals surface area contributed by atoms with Crippen LogP contribution in [0.1, 0.15) is 11.1 Å². The zero-order chi connectivity index (χ0) is 12.6. The van der Waals surface area contributed by atoms with Crippen LogP contribution in [0.3, 0.4) is 0 Å². The third-order valence-electron chi connectivity index (χ3n) is 2.62. The quantitative estimate of drug-likeness (QED) is 0.844. The van der Waals surface area contributed by atoms with Gasteiger partial charge in [-0.15, -0.1) is 5.10 Å². The number of aromatic nitrogens is 3. The fourth-order valence-corrected chi connectivity index (χ4v) is 2.39. The van der Waals surface area contributed by atoms with E-state index in [9.17, 15) is 8.42 Å². The molecule has 0 bridgehead atoms. The molecule has 0 aliphatic heterocycles. The van der Waals surface area contributed by atoms with E-state index in [0.29, 0.717) is 5.69 Å². The summed E-state index contributed by atoms with van der Waals surface area (Å²) < 4.78 is 24.5. The monoisotopic (exact) mass is 252 g/mol. The molecular formula is C10H12N4O2S. The minimum absolute atomic E-state index is 0.0473. The first-order valence-electron chi connectivity index (χ1n) is 4.91. The average molecular weight is 252 g/mol. The smallest absolute Gasteiger partial charge is 0.225 e. The molecule has 1 aromatic heterocycles. The van der Waals surface area contributed by atoms with Gasteiger partial charge in [-0.3, -0.25) is 0 Å². The Labute approximate surface area is 99.1 Å². The number of hydrogen-bond acceptors (Lipinski definition) is 4. The lowest BCUT2D eigenvalue weighted by atomic mass is 10.1. The third-order valence-corrected chi connectivity index (χ3v) is 3.57. The fraction of sp³-hybridized carbons (Fsp3) is 0.200. The molecule has 1 aromatic carbocycles. The SMILES string of the molecule is Cc1ccc(S(N)(=O)=O)c(-n2ccnn2)c1C. The van der Waals surface area contributed by atoms with Crippen LogP contribution >= 0.6 is 0 Å². The Morgan fingerprint density at radius 1 is 1.29 bits per heavy atom. The molecule has 90 valence electrons. The van der Waals surface area contributed by atoms with Crippen LogP contribution in [0.4, 0.5) is 0 Å². The van der Waals surface area contributed by atoms with Crippen LogP contribution in [-0.4, -0.2) is 23.4 Å². The van der Waals surface area contributed by atoms with E-state index in [4.69, 9.17) is 5.14 Å². The van der Waals surface area contributed by atoms with Crippen molar-refractivity contribution >= 4 is 10.0 Å². The topological polar surface area (TPSA) is 90.9 Å². The van der Waals surface area contributed by atoms with Crippen molar-refractivity contribution in [1.82, 2.24) is 15.0 Å². The van der Waals surface area contributed by atoms with Crippen molar-refractivity contribution in [3.8, 4) is 5.69 Å². The molecule has 1 heterocycles. The molecule has 0 atom stereocenters. The van der Waals surface area contributed by atoms with Crippen LogP contribution in [0, 0.1) is 13.8 Å². The highest BCUT2D eigenvalue weighted by atomic mass is 32.2. The maximum atomic E-state index is 11.5. The standard InChI is InChI=1S/C10H12N4O2S/c1-7-3-4-9(17(11,15)16)10(8(7)2)14-6-5-12-13-14/h3-6H,1-2H3,(H2,11,15,16). The Morgan fingerprint density at radius 3 is 2.53 bits per heavy atom. The number of rotatable bonds is 2. The Kier molecular flexibility index (Phi) is 2.72. The van der Waals surface area contributed by atoms with Crippen molar-refractivity contribution in [2.45, 2.75) is 18.7 Å². The molecule has 0 spiro atoms. The molecule has 0 radical (unpaired) electrons. The van der Waals surface area contributed by atoms with Gasteiger partial charge in [0.2, 0.25) is 10.0 Å². The van der Waals surface area contributed by atoms with Crippen LogP contribution in [0.25, 0.3) is 5.69 Å². The van der Waals surface area contributed by atoms with Crippen LogP contribution in [0.2, 0.25) is 0 Å². The summed E-state index contributed by atoms with van der Waals surface area (Å²) in [7, 11) is -3.79. The van der Waals surface area contributed by atoms with Crippen LogP contribution < -0.4 is 5.14 Å². The lowest BCUT2D eigenvalue weighted by molar-refractivity contribution is 0.596. The predicted molar refractivity (Wildman–Crippen MR) is 62.2 cm³/mol. The van der Waals surface area contributed by atoms with Gasteiger partial charge in [0, 0.05) is 0 Å². The van der Waals surface area contributed by atoms with E-state index in [2.05, 4.69) is 10.3 Å². The first-order chi connectivity index (χ1) is 7.91. The molecule has 2 aromatic rings. The fourth-order valence-electron chi connectivity index (χ4n) is 1.62. The zero-order valence-electron chi connectivity index (χ0n) is 9.45. The molecule has 0 aliphatic rings. The molecule has 17 heavy (non-hydrogen) atoms. The maximum Gasteiger partial charge on any atom is 0.240 e. The Bertz CT molecular complexity index is 647. The minimum atomic E-state index is -3.79. The summed E-state index contributed by atoms with van der Waals surface area (Å²) in [5.74, 6) is 0. The molecular weight excluding hydrogens is 240 g/mol. The number of benzene rings is 1. The first kappa shape index (κ1) is 11.7. The second-order valence-electron chi connectivity index (χ2n) is 3.75. The van der Waals surface area contributed by atoms with E-state index >= 15 is 0 Å². The van der Waals surface area contributed by atoms with Gasteiger partial charge < -0.3 is 0 Å². The van der Waals surface area contributed by atoms with Crippen molar-refractivity contribution in [3.63, 3.8) is 0 Å². The van der Waals surface area contributed by atoms with Gasteiger partial charge in [0.05, 0.1) is 18.1 Å². The molecule has 7 heteroatoms. The zero-order valence-corrected chi connectivity index (χ0v) is 10.3. The highest BCUT2D eigenvalue weighted by Gasteiger charge is 2.18. The number of hydrogen-bond donors (Lipinski definition) is 1. The lowest BCUT2D eigenvalue weighted by Crippen LogP contribution is -2.17. The number of sulfonamides is 1. The predicted octanol–water partition coefficient (Wildman–Crippen LogP) is 0.532. The van der Waals surface area contributed by atoms with Crippen LogP contribution in [-0.2, 0) is 10.0 Å². The van der Waals surface area contributed by atoms with Crippen LogP contribution in [0.15, 0.2) is 29.4 Å². The number of nitrogens with zero attached hydrogens (tertiary/aromatic N) is 3. The van der Waals surface area contributed by atoms with Gasteiger partial charge >= 0.3 is 0 Å². The first-order valence-corrected chi connectivity index (χ1v) is 6.45. The van der Waals surface area contributed by atoms with E-state index in [0.717, 1.165) is 11.1 Å². The van der Waals surface area contributed by atoms with Gasteiger partial charge in [-0.2, -0.15) is 0 Å². The van der Waals surface area contributed by atoms with Crippen molar-refractivity contribution in [3.05, 3.63) is 35.7 Å². The average Bonchev–Trinajstić information content (AvgIpc) is 2.73. The summed E-state index contributed by atoms with van der Waals surface area (Å²) in [5, 5.41) is 12.7. The number of primary sulfonamides is 1. The highest BCUT2D eigenvalue weighted by molar-refractivity contribution is 7.89. The largest absolute Gasteiger partial charge is 0.240 e. The Morgan fingerprint density at radius 2 is 2.00 bits per heavy atom. The van der Waals surface area contributed by atoms with Crippen molar-refractivity contribution < 1.29 is 8.42 Å². The molecule has 0 saturated heterocycles. The van der Waals surface area contributed by atoms with E-state index in [1.165, 1.54) is 16.9 Å². The van der Waals surface area contributed by atoms with Crippen LogP contribution in [0.5, 0.6) is 0 Å². The summed E-state index contributed by atoms with van der Waals surface area (Å²) in [6, 6.07) is 3.20. The van der Waals surface area contributed by atoms with Gasteiger partial charge in [0.15, 0.2) is 0 Å². The number of nitrogens with two attached hydrogens (primary N) is 1. The molecule has 0 amide bonds. The van der Waals surface area contributed by atoms with Gasteiger partial charge in [0.25, 0.3) is 0 Å². The van der Waals surface area contributed by atoms with Crippen molar-refractivity contribution in [2.24, 2.45) is 5.14 Å². The maximum absolute atomic E-state index is 11.5. The molecule has 6 nitrogen and oxygen atoms in total. The van der Waals surface area contributed by atoms with Crippen molar-refractivity contribution in [2.75, 3.05) is 0 Å². The highest BCUT2D eigenvalue weighted by Crippen LogP contribution is 2.24. The molecule has 2 N–H and O–H groups in total. The van der Waals surface area contributed by atoms with E-state index < -0.39 is 10.0 Å². The summed E-state index contributed by atoms with van der Waals surface area (Å²) in [6.07, 6.45) is 3.06. The summed E-state index contributed by atoms with van der Waals surface area (Å²) in [4.78, 5) is 0.0473. The third kappa shape index (κ3) is 2.06. The van der Waals surface area contributed by atoms with Gasteiger partial charge in [-0.05, 0) is 31.0 Å². The molecule has 0 saturated carbocycles. The second kappa shape index (κ2) is 3.94. The molecule has 2 rings (SSSR count). The minimum Gasteiger partial charge on any atom is -0.225 e. The molecule has 0 aliphatic carbocycles.